The first-order chi connectivity index (χ1) is 7.99. The number of amides is 1. The number of aryl methyl sites for hydroxylation is 1. The Morgan fingerprint density at radius 3 is 2.76 bits per heavy atom. The van der Waals surface area contributed by atoms with Crippen molar-refractivity contribution in [2.45, 2.75) is 25.4 Å². The number of aliphatic carboxylic acids is 1. The SMILES string of the molecule is Cn1cc(CCNC(=O)C(O)CCC(=O)O)[nH]1. The Hall–Kier alpha value is -1.76. The molecule has 0 saturated heterocycles. The molecule has 1 aromatic heterocycles. The van der Waals surface area contributed by atoms with Crippen LogP contribution >= 0.6 is 0 Å². The quantitative estimate of drug-likeness (QED) is 0.504. The fraction of sp³-hybridized carbons (Fsp3) is 0.600. The number of aromatic nitrogens is 2. The zero-order valence-corrected chi connectivity index (χ0v) is 9.64. The first-order valence-electron chi connectivity index (χ1n) is 5.37. The number of carboxylic acid groups (broad SMARTS) is 1. The van der Waals surface area contributed by atoms with Crippen molar-refractivity contribution in [3.8, 4) is 0 Å². The summed E-state index contributed by atoms with van der Waals surface area (Å²) in [5, 5.41) is 23.3. The fourth-order valence-corrected chi connectivity index (χ4v) is 1.41. The molecule has 0 bridgehead atoms. The average Bonchev–Trinajstić information content (AvgIpc) is 2.22. The topological polar surface area (TPSA) is 107 Å². The number of aliphatic hydroxyl groups is 1. The second-order valence-electron chi connectivity index (χ2n) is 3.87. The maximum Gasteiger partial charge on any atom is 0.303 e. The van der Waals surface area contributed by atoms with Crippen LogP contribution in [-0.2, 0) is 23.1 Å². The molecule has 0 aliphatic carbocycles. The molecule has 0 spiro atoms. The van der Waals surface area contributed by atoms with Gasteiger partial charge >= 0.3 is 5.97 Å². The van der Waals surface area contributed by atoms with Gasteiger partial charge in [0.2, 0.25) is 5.91 Å². The molecule has 0 fully saturated rings. The highest BCUT2D eigenvalue weighted by Gasteiger charge is 2.15. The molecule has 1 heterocycles. The molecule has 7 heteroatoms. The van der Waals surface area contributed by atoms with Crippen molar-refractivity contribution in [3.05, 3.63) is 11.9 Å². The molecular formula is C10H17N3O4. The number of aromatic amines is 1. The molecule has 1 amide bonds. The van der Waals surface area contributed by atoms with Gasteiger partial charge in [0.15, 0.2) is 0 Å². The van der Waals surface area contributed by atoms with Crippen LogP contribution in [0.4, 0.5) is 0 Å². The van der Waals surface area contributed by atoms with Crippen LogP contribution < -0.4 is 5.32 Å². The van der Waals surface area contributed by atoms with Crippen LogP contribution in [0, 0.1) is 0 Å². The number of rotatable bonds is 7. The van der Waals surface area contributed by atoms with Crippen molar-refractivity contribution in [1.29, 1.82) is 0 Å². The van der Waals surface area contributed by atoms with Gasteiger partial charge in [-0.15, -0.1) is 0 Å². The van der Waals surface area contributed by atoms with Crippen LogP contribution in [0.15, 0.2) is 6.20 Å². The predicted molar refractivity (Wildman–Crippen MR) is 59.4 cm³/mol. The summed E-state index contributed by atoms with van der Waals surface area (Å²) in [5.74, 6) is -1.55. The molecule has 0 aliphatic heterocycles. The van der Waals surface area contributed by atoms with Crippen molar-refractivity contribution >= 4 is 11.9 Å². The van der Waals surface area contributed by atoms with E-state index in [9.17, 15) is 14.7 Å². The van der Waals surface area contributed by atoms with Gasteiger partial charge in [-0.3, -0.25) is 14.3 Å². The molecule has 0 aromatic carbocycles. The van der Waals surface area contributed by atoms with Gasteiger partial charge < -0.3 is 20.6 Å². The van der Waals surface area contributed by atoms with Gasteiger partial charge in [-0.2, -0.15) is 0 Å². The Labute approximate surface area is 98.4 Å². The van der Waals surface area contributed by atoms with Gasteiger partial charge in [0, 0.05) is 32.6 Å². The van der Waals surface area contributed by atoms with E-state index in [0.29, 0.717) is 13.0 Å². The van der Waals surface area contributed by atoms with E-state index in [1.54, 1.807) is 4.68 Å². The number of H-pyrrole nitrogens is 1. The summed E-state index contributed by atoms with van der Waals surface area (Å²) in [6.45, 7) is 0.412. The molecule has 1 aromatic rings. The molecule has 1 atom stereocenters. The summed E-state index contributed by atoms with van der Waals surface area (Å²) in [6, 6.07) is 0. The minimum absolute atomic E-state index is 0.0646. The van der Waals surface area contributed by atoms with E-state index in [4.69, 9.17) is 5.11 Å². The van der Waals surface area contributed by atoms with Crippen LogP contribution in [-0.4, -0.2) is 44.5 Å². The summed E-state index contributed by atoms with van der Waals surface area (Å²) in [4.78, 5) is 21.5. The fourth-order valence-electron chi connectivity index (χ4n) is 1.41. The monoisotopic (exact) mass is 243 g/mol. The summed E-state index contributed by atoms with van der Waals surface area (Å²) in [6.07, 6.45) is 1.02. The van der Waals surface area contributed by atoms with Crippen molar-refractivity contribution in [3.63, 3.8) is 0 Å². The number of hydrogen-bond acceptors (Lipinski definition) is 3. The molecule has 0 radical (unpaired) electrons. The lowest BCUT2D eigenvalue weighted by Gasteiger charge is -2.13. The summed E-state index contributed by atoms with van der Waals surface area (Å²) < 4.78 is 1.79. The zero-order valence-electron chi connectivity index (χ0n) is 9.64. The van der Waals surface area contributed by atoms with E-state index in [1.807, 2.05) is 13.2 Å². The van der Waals surface area contributed by atoms with Crippen molar-refractivity contribution in [2.24, 2.45) is 7.05 Å². The molecule has 17 heavy (non-hydrogen) atoms. The Kier molecular flexibility index (Phi) is 4.77. The maximum absolute atomic E-state index is 11.3. The maximum atomic E-state index is 11.3. The Morgan fingerprint density at radius 1 is 1.59 bits per heavy atom. The minimum atomic E-state index is -1.25. The van der Waals surface area contributed by atoms with Gasteiger partial charge in [0.1, 0.15) is 6.10 Å². The van der Waals surface area contributed by atoms with Crippen molar-refractivity contribution in [1.82, 2.24) is 15.1 Å². The van der Waals surface area contributed by atoms with Gasteiger partial charge in [-0.25, -0.2) is 0 Å². The average molecular weight is 243 g/mol. The molecule has 4 N–H and O–H groups in total. The standard InChI is InChI=1S/C10H17N3O4/c1-13-6-7(12-13)4-5-11-10(17)8(14)2-3-9(15)16/h6,8,12,14H,2-5H2,1H3,(H,11,17)(H,15,16). The number of carbonyl (C=O) groups excluding carboxylic acids is 1. The number of carbonyl (C=O) groups is 2. The first-order valence-corrected chi connectivity index (χ1v) is 5.37. The molecule has 96 valence electrons. The molecule has 1 rings (SSSR count). The van der Waals surface area contributed by atoms with Crippen LogP contribution in [0.3, 0.4) is 0 Å². The lowest BCUT2D eigenvalue weighted by molar-refractivity contribution is -0.138. The Bertz CT molecular complexity index is 370. The van der Waals surface area contributed by atoms with Crippen molar-refractivity contribution in [2.75, 3.05) is 6.54 Å². The first kappa shape index (κ1) is 13.3. The Balaban J connectivity index is 2.14. The smallest absolute Gasteiger partial charge is 0.303 e. The summed E-state index contributed by atoms with van der Waals surface area (Å²) >= 11 is 0. The number of nitrogens with one attached hydrogen (secondary N) is 2. The number of aliphatic hydroxyl groups excluding tert-OH is 1. The molecule has 0 aliphatic rings. The lowest BCUT2D eigenvalue weighted by atomic mass is 10.2. The zero-order chi connectivity index (χ0) is 12.8. The molecule has 1 unspecified atom stereocenters. The third-order valence-electron chi connectivity index (χ3n) is 2.30. The van der Waals surface area contributed by atoms with E-state index in [2.05, 4.69) is 10.4 Å². The van der Waals surface area contributed by atoms with Crippen LogP contribution in [0.2, 0.25) is 0 Å². The van der Waals surface area contributed by atoms with Crippen molar-refractivity contribution < 1.29 is 19.8 Å². The molecular weight excluding hydrogens is 226 g/mol. The second-order valence-corrected chi connectivity index (χ2v) is 3.87. The van der Waals surface area contributed by atoms with Crippen LogP contribution in [0.25, 0.3) is 0 Å². The summed E-state index contributed by atoms with van der Waals surface area (Å²) in [7, 11) is 1.86. The number of carboxylic acids is 1. The summed E-state index contributed by atoms with van der Waals surface area (Å²) in [5.41, 5.74) is 1.01. The van der Waals surface area contributed by atoms with E-state index in [-0.39, 0.29) is 12.8 Å². The number of nitrogens with zero attached hydrogens (tertiary/aromatic N) is 1. The van der Waals surface area contributed by atoms with E-state index in [0.717, 1.165) is 5.69 Å². The normalized spacial score (nSPS) is 12.4. The highest BCUT2D eigenvalue weighted by Crippen LogP contribution is 1.98. The third kappa shape index (κ3) is 4.73. The van der Waals surface area contributed by atoms with E-state index in [1.165, 1.54) is 0 Å². The highest BCUT2D eigenvalue weighted by atomic mass is 16.4. The van der Waals surface area contributed by atoms with E-state index < -0.39 is 18.0 Å². The number of hydrogen-bond donors (Lipinski definition) is 4. The predicted octanol–water partition coefficient (Wildman–Crippen LogP) is -0.762. The largest absolute Gasteiger partial charge is 0.481 e. The lowest BCUT2D eigenvalue weighted by Crippen LogP contribution is -2.36. The van der Waals surface area contributed by atoms with E-state index >= 15 is 0 Å². The van der Waals surface area contributed by atoms with Gasteiger partial charge in [0.25, 0.3) is 0 Å². The van der Waals surface area contributed by atoms with Gasteiger partial charge in [0.05, 0.1) is 5.69 Å². The molecule has 0 saturated carbocycles. The second kappa shape index (κ2) is 6.09. The molecule has 7 nitrogen and oxygen atoms in total. The minimum Gasteiger partial charge on any atom is -0.481 e. The van der Waals surface area contributed by atoms with Crippen LogP contribution in [0.5, 0.6) is 0 Å². The Morgan fingerprint density at radius 2 is 2.24 bits per heavy atom. The third-order valence-corrected chi connectivity index (χ3v) is 2.30. The van der Waals surface area contributed by atoms with Gasteiger partial charge in [-0.1, -0.05) is 0 Å². The van der Waals surface area contributed by atoms with Crippen LogP contribution in [0.1, 0.15) is 18.5 Å². The van der Waals surface area contributed by atoms with Gasteiger partial charge in [-0.05, 0) is 6.42 Å². The highest BCUT2D eigenvalue weighted by molar-refractivity contribution is 5.81.